The number of nitrogens with one attached hydrogen (secondary N) is 1. The Hall–Kier alpha value is -0.240. The lowest BCUT2D eigenvalue weighted by molar-refractivity contribution is 0.441. The van der Waals surface area contributed by atoms with E-state index < -0.39 is 0 Å². The molecule has 0 heterocycles. The van der Waals surface area contributed by atoms with Crippen molar-refractivity contribution in [3.05, 3.63) is 33.8 Å². The predicted octanol–water partition coefficient (Wildman–Crippen LogP) is 4.52. The van der Waals surface area contributed by atoms with Gasteiger partial charge in [-0.15, -0.1) is 0 Å². The van der Waals surface area contributed by atoms with Crippen molar-refractivity contribution >= 4 is 23.2 Å². The van der Waals surface area contributed by atoms with Crippen LogP contribution in [0.5, 0.6) is 0 Å². The maximum atomic E-state index is 6.09. The Morgan fingerprint density at radius 1 is 1.12 bits per heavy atom. The van der Waals surface area contributed by atoms with E-state index >= 15 is 0 Å². The molecule has 1 N–H and O–H groups in total. The van der Waals surface area contributed by atoms with E-state index in [4.69, 9.17) is 23.2 Å². The van der Waals surface area contributed by atoms with Gasteiger partial charge >= 0.3 is 0 Å². The van der Waals surface area contributed by atoms with Crippen molar-refractivity contribution in [3.8, 4) is 0 Å². The zero-order valence-electron chi connectivity index (χ0n) is 10.1. The van der Waals surface area contributed by atoms with Crippen LogP contribution in [0.1, 0.15) is 32.8 Å². The Morgan fingerprint density at radius 3 is 2.19 bits per heavy atom. The third-order valence-electron chi connectivity index (χ3n) is 2.51. The van der Waals surface area contributed by atoms with Crippen molar-refractivity contribution in [2.24, 2.45) is 5.92 Å². The van der Waals surface area contributed by atoms with Crippen LogP contribution < -0.4 is 5.32 Å². The Labute approximate surface area is 108 Å². The van der Waals surface area contributed by atoms with E-state index in [9.17, 15) is 0 Å². The van der Waals surface area contributed by atoms with Crippen LogP contribution >= 0.6 is 23.2 Å². The highest BCUT2D eigenvalue weighted by Crippen LogP contribution is 2.24. The molecule has 1 aromatic carbocycles. The summed E-state index contributed by atoms with van der Waals surface area (Å²) < 4.78 is 0. The second-order valence-corrected chi connectivity index (χ2v) is 5.43. The fraction of sp³-hybridized carbons (Fsp3) is 0.538. The minimum absolute atomic E-state index is 0.479. The summed E-state index contributed by atoms with van der Waals surface area (Å²) in [6, 6.07) is 6.09. The summed E-state index contributed by atoms with van der Waals surface area (Å²) in [5, 5.41) is 4.91. The summed E-state index contributed by atoms with van der Waals surface area (Å²) in [5.74, 6) is 0.698. The van der Waals surface area contributed by atoms with Gasteiger partial charge < -0.3 is 5.32 Å². The van der Waals surface area contributed by atoms with Crippen molar-refractivity contribution in [1.82, 2.24) is 5.32 Å². The van der Waals surface area contributed by atoms with Gasteiger partial charge in [-0.1, -0.05) is 43.1 Å². The van der Waals surface area contributed by atoms with E-state index in [0.717, 1.165) is 28.6 Å². The van der Waals surface area contributed by atoms with Crippen LogP contribution in [0.15, 0.2) is 18.2 Å². The van der Waals surface area contributed by atoms with E-state index in [1.54, 1.807) is 0 Å². The fourth-order valence-electron chi connectivity index (χ4n) is 1.77. The molecular weight excluding hydrogens is 241 g/mol. The third kappa shape index (κ3) is 4.32. The predicted molar refractivity (Wildman–Crippen MR) is 72.2 cm³/mol. The number of halogens is 2. The number of rotatable bonds is 5. The van der Waals surface area contributed by atoms with Gasteiger partial charge in [-0.05, 0) is 31.4 Å². The molecule has 16 heavy (non-hydrogen) atoms. The molecule has 0 radical (unpaired) electrons. The minimum atomic E-state index is 0.479. The normalized spacial score (nSPS) is 13.1. The van der Waals surface area contributed by atoms with Gasteiger partial charge in [0.05, 0.1) is 0 Å². The molecule has 0 saturated carbocycles. The molecule has 1 unspecified atom stereocenters. The molecule has 0 saturated heterocycles. The maximum Gasteiger partial charge on any atom is 0.0465 e. The second kappa shape index (κ2) is 6.48. The van der Waals surface area contributed by atoms with Crippen LogP contribution in [0.25, 0.3) is 0 Å². The molecule has 0 aliphatic heterocycles. The lowest BCUT2D eigenvalue weighted by atomic mass is 10.1. The summed E-state index contributed by atoms with van der Waals surface area (Å²) in [7, 11) is 0. The molecule has 1 aromatic rings. The van der Waals surface area contributed by atoms with Crippen molar-refractivity contribution in [3.63, 3.8) is 0 Å². The Kier molecular flexibility index (Phi) is 5.60. The molecule has 0 bridgehead atoms. The highest BCUT2D eigenvalue weighted by atomic mass is 35.5. The molecular formula is C13H19Cl2N. The third-order valence-corrected chi connectivity index (χ3v) is 3.22. The molecule has 90 valence electrons. The van der Waals surface area contributed by atoms with Gasteiger partial charge in [0.15, 0.2) is 0 Å². The van der Waals surface area contributed by atoms with E-state index in [2.05, 4.69) is 26.1 Å². The van der Waals surface area contributed by atoms with E-state index in [0.29, 0.717) is 12.0 Å². The molecule has 3 heteroatoms. The van der Waals surface area contributed by atoms with Gasteiger partial charge in [0, 0.05) is 28.2 Å². The Bertz CT molecular complexity index is 316. The molecule has 0 amide bonds. The SMILES string of the molecule is CC(C)CC(C)NCc1c(Cl)cccc1Cl. The zero-order chi connectivity index (χ0) is 12.1. The average molecular weight is 260 g/mol. The highest BCUT2D eigenvalue weighted by molar-refractivity contribution is 6.35. The van der Waals surface area contributed by atoms with Crippen LogP contribution in [0.3, 0.4) is 0 Å². The molecule has 0 aliphatic carbocycles. The lowest BCUT2D eigenvalue weighted by Crippen LogP contribution is -2.27. The van der Waals surface area contributed by atoms with Gasteiger partial charge in [-0.25, -0.2) is 0 Å². The standard InChI is InChI=1S/C13H19Cl2N/c1-9(2)7-10(3)16-8-11-12(14)5-4-6-13(11)15/h4-6,9-10,16H,7-8H2,1-3H3. The molecule has 0 fully saturated rings. The Balaban J connectivity index is 2.54. The van der Waals surface area contributed by atoms with Crippen LogP contribution in [0.4, 0.5) is 0 Å². The maximum absolute atomic E-state index is 6.09. The first-order valence-corrected chi connectivity index (χ1v) is 6.42. The van der Waals surface area contributed by atoms with Gasteiger partial charge in [0.1, 0.15) is 0 Å². The van der Waals surface area contributed by atoms with Gasteiger partial charge in [-0.3, -0.25) is 0 Å². The van der Waals surface area contributed by atoms with Crippen molar-refractivity contribution in [2.75, 3.05) is 0 Å². The molecule has 0 spiro atoms. The Morgan fingerprint density at radius 2 is 1.69 bits per heavy atom. The van der Waals surface area contributed by atoms with Crippen LogP contribution in [-0.4, -0.2) is 6.04 Å². The van der Waals surface area contributed by atoms with E-state index in [1.165, 1.54) is 0 Å². The lowest BCUT2D eigenvalue weighted by Gasteiger charge is -2.17. The molecule has 0 aromatic heterocycles. The summed E-state index contributed by atoms with van der Waals surface area (Å²) in [6.45, 7) is 7.36. The topological polar surface area (TPSA) is 12.0 Å². The van der Waals surface area contributed by atoms with E-state index in [1.807, 2.05) is 18.2 Å². The highest BCUT2D eigenvalue weighted by Gasteiger charge is 2.08. The van der Waals surface area contributed by atoms with E-state index in [-0.39, 0.29) is 0 Å². The minimum Gasteiger partial charge on any atom is -0.310 e. The number of benzene rings is 1. The monoisotopic (exact) mass is 259 g/mol. The summed E-state index contributed by atoms with van der Waals surface area (Å²) in [5.41, 5.74) is 0.987. The van der Waals surface area contributed by atoms with Crippen LogP contribution in [-0.2, 0) is 6.54 Å². The summed E-state index contributed by atoms with van der Waals surface area (Å²) in [6.07, 6.45) is 1.15. The number of hydrogen-bond donors (Lipinski definition) is 1. The van der Waals surface area contributed by atoms with Crippen LogP contribution in [0.2, 0.25) is 10.0 Å². The van der Waals surface area contributed by atoms with Gasteiger partial charge in [-0.2, -0.15) is 0 Å². The smallest absolute Gasteiger partial charge is 0.0465 e. The molecule has 0 aliphatic rings. The fourth-order valence-corrected chi connectivity index (χ4v) is 2.30. The van der Waals surface area contributed by atoms with Crippen molar-refractivity contribution in [2.45, 2.75) is 39.8 Å². The molecule has 1 atom stereocenters. The van der Waals surface area contributed by atoms with Crippen molar-refractivity contribution < 1.29 is 0 Å². The first kappa shape index (κ1) is 13.8. The summed E-state index contributed by atoms with van der Waals surface area (Å²) >= 11 is 12.2. The zero-order valence-corrected chi connectivity index (χ0v) is 11.6. The average Bonchev–Trinajstić information content (AvgIpc) is 2.15. The number of hydrogen-bond acceptors (Lipinski definition) is 1. The van der Waals surface area contributed by atoms with Crippen molar-refractivity contribution in [1.29, 1.82) is 0 Å². The van der Waals surface area contributed by atoms with Gasteiger partial charge in [0.25, 0.3) is 0 Å². The van der Waals surface area contributed by atoms with Crippen LogP contribution in [0, 0.1) is 5.92 Å². The molecule has 1 nitrogen and oxygen atoms in total. The molecule has 1 rings (SSSR count). The first-order valence-electron chi connectivity index (χ1n) is 5.67. The first-order chi connectivity index (χ1) is 7.50. The van der Waals surface area contributed by atoms with Gasteiger partial charge in [0.2, 0.25) is 0 Å². The summed E-state index contributed by atoms with van der Waals surface area (Å²) in [4.78, 5) is 0. The largest absolute Gasteiger partial charge is 0.310 e. The quantitative estimate of drug-likeness (QED) is 0.820. The second-order valence-electron chi connectivity index (χ2n) is 4.61.